The van der Waals surface area contributed by atoms with E-state index in [0.29, 0.717) is 0 Å². The number of halogens is 3. The van der Waals surface area contributed by atoms with Crippen molar-refractivity contribution in [2.45, 2.75) is 19.6 Å². The van der Waals surface area contributed by atoms with E-state index in [1.54, 1.807) is 24.3 Å². The highest BCUT2D eigenvalue weighted by Gasteiger charge is 2.37. The maximum Gasteiger partial charge on any atom is 0.241 e. The molecular formula is C15H15Cl3N2O4S2. The molecule has 0 aliphatic rings. The summed E-state index contributed by atoms with van der Waals surface area (Å²) in [7, 11) is -7.91. The van der Waals surface area contributed by atoms with Crippen LogP contribution in [-0.2, 0) is 20.0 Å². The Hall–Kier alpha value is -0.870. The second-order valence-electron chi connectivity index (χ2n) is 5.19. The van der Waals surface area contributed by atoms with Crippen LogP contribution in [-0.4, -0.2) is 33.2 Å². The van der Waals surface area contributed by atoms with Crippen molar-refractivity contribution in [1.29, 1.82) is 0 Å². The maximum atomic E-state index is 12.4. The molecule has 2 aromatic carbocycles. The Kier molecular flexibility index (Phi) is 6.95. The summed E-state index contributed by atoms with van der Waals surface area (Å²) < 4.78 is 51.8. The third-order valence-electron chi connectivity index (χ3n) is 3.28. The molecule has 0 spiro atoms. The van der Waals surface area contributed by atoms with E-state index in [0.717, 1.165) is 0 Å². The van der Waals surface area contributed by atoms with Gasteiger partial charge in [-0.05, 0) is 24.3 Å². The van der Waals surface area contributed by atoms with Crippen LogP contribution >= 0.6 is 34.8 Å². The summed E-state index contributed by atoms with van der Waals surface area (Å²) in [6, 6.07) is 13.7. The topological polar surface area (TPSA) is 92.3 Å². The third-order valence-corrected chi connectivity index (χ3v) is 6.99. The van der Waals surface area contributed by atoms with E-state index in [2.05, 4.69) is 9.44 Å². The summed E-state index contributed by atoms with van der Waals surface area (Å²) in [6.45, 7) is -0.459. The molecular weight excluding hydrogens is 443 g/mol. The van der Waals surface area contributed by atoms with Gasteiger partial charge in [-0.15, -0.1) is 0 Å². The molecule has 0 aromatic heterocycles. The van der Waals surface area contributed by atoms with Crippen LogP contribution in [0.2, 0.25) is 0 Å². The van der Waals surface area contributed by atoms with E-state index in [-0.39, 0.29) is 9.79 Å². The Bertz CT molecular complexity index is 932. The van der Waals surface area contributed by atoms with Crippen molar-refractivity contribution in [2.75, 3.05) is 6.54 Å². The average Bonchev–Trinajstić information content (AvgIpc) is 2.59. The quantitative estimate of drug-likeness (QED) is 0.625. The lowest BCUT2D eigenvalue weighted by atomic mass is 10.4. The van der Waals surface area contributed by atoms with Crippen LogP contribution in [0.15, 0.2) is 70.5 Å². The molecule has 0 saturated heterocycles. The van der Waals surface area contributed by atoms with Crippen molar-refractivity contribution in [1.82, 2.24) is 9.44 Å². The van der Waals surface area contributed by atoms with Gasteiger partial charge in [-0.2, -0.15) is 0 Å². The fraction of sp³-hybridized carbons (Fsp3) is 0.200. The Morgan fingerprint density at radius 2 is 1.19 bits per heavy atom. The first kappa shape index (κ1) is 21.4. The number of alkyl halides is 3. The normalized spacial score (nSPS) is 14.1. The summed E-state index contributed by atoms with van der Waals surface area (Å²) in [5, 5.41) is 0. The molecule has 0 fully saturated rings. The Labute approximate surface area is 167 Å². The Morgan fingerprint density at radius 1 is 0.769 bits per heavy atom. The number of benzene rings is 2. The molecule has 142 valence electrons. The molecule has 0 aliphatic carbocycles. The number of rotatable bonds is 7. The lowest BCUT2D eigenvalue weighted by Crippen LogP contribution is -2.50. The molecule has 11 heteroatoms. The van der Waals surface area contributed by atoms with E-state index in [1.807, 2.05) is 0 Å². The number of hydrogen-bond donors (Lipinski definition) is 2. The predicted molar refractivity (Wildman–Crippen MR) is 102 cm³/mol. The monoisotopic (exact) mass is 456 g/mol. The SMILES string of the molecule is O=S(=O)(NCC(NS(=O)(=O)c1ccccc1)C(Cl)(Cl)Cl)c1ccccc1. The number of hydrogen-bond acceptors (Lipinski definition) is 4. The molecule has 2 N–H and O–H groups in total. The highest BCUT2D eigenvalue weighted by atomic mass is 35.6. The molecule has 2 rings (SSSR count). The van der Waals surface area contributed by atoms with Crippen LogP contribution in [0.1, 0.15) is 0 Å². The van der Waals surface area contributed by atoms with Crippen LogP contribution in [0, 0.1) is 0 Å². The second-order valence-corrected chi connectivity index (χ2v) is 11.0. The largest absolute Gasteiger partial charge is 0.241 e. The standard InChI is InChI=1S/C15H15Cl3N2O4S2/c16-15(17,18)14(20-26(23,24)13-9-5-2-6-10-13)11-19-25(21,22)12-7-3-1-4-8-12/h1-10,14,19-20H,11H2. The molecule has 0 aliphatic heterocycles. The molecule has 26 heavy (non-hydrogen) atoms. The first-order chi connectivity index (χ1) is 12.0. The summed E-state index contributed by atoms with van der Waals surface area (Å²) in [5.41, 5.74) is 0. The lowest BCUT2D eigenvalue weighted by molar-refractivity contribution is 0.533. The van der Waals surface area contributed by atoms with E-state index >= 15 is 0 Å². The maximum absolute atomic E-state index is 12.4. The van der Waals surface area contributed by atoms with E-state index in [9.17, 15) is 16.8 Å². The lowest BCUT2D eigenvalue weighted by Gasteiger charge is -2.25. The van der Waals surface area contributed by atoms with Crippen molar-refractivity contribution in [3.05, 3.63) is 60.7 Å². The third kappa shape index (κ3) is 5.82. The van der Waals surface area contributed by atoms with Crippen LogP contribution in [0.4, 0.5) is 0 Å². The fourth-order valence-corrected chi connectivity index (χ4v) is 4.90. The molecule has 0 bridgehead atoms. The van der Waals surface area contributed by atoms with Gasteiger partial charge >= 0.3 is 0 Å². The molecule has 1 unspecified atom stereocenters. The molecule has 6 nitrogen and oxygen atoms in total. The summed E-state index contributed by atoms with van der Waals surface area (Å²) in [5.74, 6) is 0. The van der Waals surface area contributed by atoms with Crippen LogP contribution in [0.5, 0.6) is 0 Å². The van der Waals surface area contributed by atoms with Gasteiger partial charge in [-0.25, -0.2) is 26.3 Å². The van der Waals surface area contributed by atoms with Gasteiger partial charge < -0.3 is 0 Å². The van der Waals surface area contributed by atoms with Crippen molar-refractivity contribution in [2.24, 2.45) is 0 Å². The van der Waals surface area contributed by atoms with Crippen LogP contribution in [0.3, 0.4) is 0 Å². The highest BCUT2D eigenvalue weighted by Crippen LogP contribution is 2.31. The Morgan fingerprint density at radius 3 is 1.62 bits per heavy atom. The summed E-state index contributed by atoms with van der Waals surface area (Å²) in [4.78, 5) is -0.0286. The minimum atomic E-state index is -4.01. The molecule has 0 saturated carbocycles. The summed E-state index contributed by atoms with van der Waals surface area (Å²) >= 11 is 17.5. The number of sulfonamides is 2. The van der Waals surface area contributed by atoms with E-state index in [4.69, 9.17) is 34.8 Å². The first-order valence-electron chi connectivity index (χ1n) is 7.21. The fourth-order valence-electron chi connectivity index (χ4n) is 1.96. The van der Waals surface area contributed by atoms with Gasteiger partial charge in [-0.3, -0.25) is 0 Å². The zero-order chi connectivity index (χ0) is 19.4. The van der Waals surface area contributed by atoms with Crippen LogP contribution in [0.25, 0.3) is 0 Å². The molecule has 0 radical (unpaired) electrons. The zero-order valence-corrected chi connectivity index (χ0v) is 17.0. The smallest absolute Gasteiger partial charge is 0.209 e. The first-order valence-corrected chi connectivity index (χ1v) is 11.3. The van der Waals surface area contributed by atoms with Gasteiger partial charge in [0.1, 0.15) is 0 Å². The van der Waals surface area contributed by atoms with Crippen molar-refractivity contribution in [3.63, 3.8) is 0 Å². The summed E-state index contributed by atoms with van der Waals surface area (Å²) in [6.07, 6.45) is 0. The van der Waals surface area contributed by atoms with Gasteiger partial charge in [0.15, 0.2) is 0 Å². The van der Waals surface area contributed by atoms with Gasteiger partial charge in [0.2, 0.25) is 23.8 Å². The number of nitrogens with one attached hydrogen (secondary N) is 2. The van der Waals surface area contributed by atoms with Gasteiger partial charge in [0.05, 0.1) is 15.8 Å². The minimum Gasteiger partial charge on any atom is -0.209 e. The highest BCUT2D eigenvalue weighted by molar-refractivity contribution is 7.90. The van der Waals surface area contributed by atoms with Gasteiger partial charge in [0.25, 0.3) is 0 Å². The van der Waals surface area contributed by atoms with Gasteiger partial charge in [0, 0.05) is 6.54 Å². The Balaban J connectivity index is 2.19. The zero-order valence-electron chi connectivity index (χ0n) is 13.1. The average molecular weight is 458 g/mol. The predicted octanol–water partition coefficient (Wildman–Crippen LogP) is 2.68. The molecule has 2 aromatic rings. The van der Waals surface area contributed by atoms with E-state index < -0.39 is 36.4 Å². The van der Waals surface area contributed by atoms with E-state index in [1.165, 1.54) is 36.4 Å². The molecule has 0 heterocycles. The minimum absolute atomic E-state index is 0.00832. The second kappa shape index (κ2) is 8.43. The van der Waals surface area contributed by atoms with Crippen molar-refractivity contribution >= 4 is 54.8 Å². The molecule has 0 amide bonds. The molecule has 1 atom stereocenters. The van der Waals surface area contributed by atoms with Crippen molar-refractivity contribution < 1.29 is 16.8 Å². The van der Waals surface area contributed by atoms with Gasteiger partial charge in [-0.1, -0.05) is 71.2 Å². The van der Waals surface area contributed by atoms with Crippen molar-refractivity contribution in [3.8, 4) is 0 Å². The van der Waals surface area contributed by atoms with Crippen LogP contribution < -0.4 is 9.44 Å².